The fraction of sp³-hybridized carbons (Fsp3) is 0.467. The Morgan fingerprint density at radius 1 is 1.12 bits per heavy atom. The third-order valence-corrected chi connectivity index (χ3v) is 3.33. The predicted octanol–water partition coefficient (Wildman–Crippen LogP) is 3.58. The smallest absolute Gasteiger partial charge is 0.0169 e. The first-order valence-corrected chi connectivity index (χ1v) is 6.31. The minimum absolute atomic E-state index is 1.11. The van der Waals surface area contributed by atoms with Crippen LogP contribution < -0.4 is 0 Å². The van der Waals surface area contributed by atoms with Crippen LogP contribution in [-0.2, 0) is 0 Å². The molecule has 0 unspecified atom stereocenters. The number of hydrogen-bond acceptors (Lipinski definition) is 1. The summed E-state index contributed by atoms with van der Waals surface area (Å²) in [6.07, 6.45) is 6.52. The predicted molar refractivity (Wildman–Crippen MR) is 70.4 cm³/mol. The summed E-state index contributed by atoms with van der Waals surface area (Å²) in [5, 5.41) is 0. The van der Waals surface area contributed by atoms with Gasteiger partial charge >= 0.3 is 0 Å². The monoisotopic (exact) mass is 215 g/mol. The minimum atomic E-state index is 1.11. The van der Waals surface area contributed by atoms with Crippen molar-refractivity contribution in [2.45, 2.75) is 26.2 Å². The van der Waals surface area contributed by atoms with Crippen LogP contribution in [0, 0.1) is 0 Å². The average molecular weight is 215 g/mol. The molecule has 1 aromatic carbocycles. The summed E-state index contributed by atoms with van der Waals surface area (Å²) in [5.74, 6) is 0. The van der Waals surface area contributed by atoms with E-state index in [1.54, 1.807) is 0 Å². The molecule has 86 valence electrons. The van der Waals surface area contributed by atoms with Crippen molar-refractivity contribution in [1.29, 1.82) is 0 Å². The van der Waals surface area contributed by atoms with Crippen molar-refractivity contribution in [1.82, 2.24) is 4.90 Å². The molecule has 2 rings (SSSR count). The van der Waals surface area contributed by atoms with Gasteiger partial charge in [0.2, 0.25) is 0 Å². The molecule has 16 heavy (non-hydrogen) atoms. The molecule has 1 aliphatic heterocycles. The number of rotatable bonds is 3. The van der Waals surface area contributed by atoms with Gasteiger partial charge in [-0.25, -0.2) is 0 Å². The molecule has 0 spiro atoms. The van der Waals surface area contributed by atoms with Crippen molar-refractivity contribution >= 4 is 5.57 Å². The summed E-state index contributed by atoms with van der Waals surface area (Å²) in [6.45, 7) is 5.87. The first kappa shape index (κ1) is 11.4. The molecule has 0 saturated carbocycles. The molecule has 1 aliphatic rings. The SMILES string of the molecule is CC(=CCN1CCCCC1)c1ccccc1. The van der Waals surface area contributed by atoms with E-state index in [0.717, 1.165) is 6.54 Å². The van der Waals surface area contributed by atoms with E-state index in [1.165, 1.54) is 43.5 Å². The maximum atomic E-state index is 2.55. The maximum absolute atomic E-state index is 2.55. The molecular formula is C15H21N. The van der Waals surface area contributed by atoms with Crippen LogP contribution >= 0.6 is 0 Å². The highest BCUT2D eigenvalue weighted by Crippen LogP contribution is 2.14. The fourth-order valence-electron chi connectivity index (χ4n) is 2.23. The van der Waals surface area contributed by atoms with Gasteiger partial charge in [0.05, 0.1) is 0 Å². The van der Waals surface area contributed by atoms with E-state index in [1.807, 2.05) is 0 Å². The average Bonchev–Trinajstić information content (AvgIpc) is 2.38. The molecule has 0 radical (unpaired) electrons. The summed E-state index contributed by atoms with van der Waals surface area (Å²) in [5.41, 5.74) is 2.74. The molecular weight excluding hydrogens is 194 g/mol. The van der Waals surface area contributed by atoms with Gasteiger partial charge in [0.1, 0.15) is 0 Å². The Kier molecular flexibility index (Phi) is 4.17. The van der Waals surface area contributed by atoms with E-state index in [2.05, 4.69) is 48.2 Å². The van der Waals surface area contributed by atoms with Crippen LogP contribution in [0.4, 0.5) is 0 Å². The molecule has 1 saturated heterocycles. The quantitative estimate of drug-likeness (QED) is 0.745. The Hall–Kier alpha value is -1.08. The topological polar surface area (TPSA) is 3.24 Å². The molecule has 1 heteroatoms. The number of likely N-dealkylation sites (tertiary alicyclic amines) is 1. The fourth-order valence-corrected chi connectivity index (χ4v) is 2.23. The van der Waals surface area contributed by atoms with E-state index in [-0.39, 0.29) is 0 Å². The van der Waals surface area contributed by atoms with Crippen molar-refractivity contribution in [2.75, 3.05) is 19.6 Å². The molecule has 1 fully saturated rings. The lowest BCUT2D eigenvalue weighted by Crippen LogP contribution is -2.29. The summed E-state index contributed by atoms with van der Waals surface area (Å²) in [6, 6.07) is 10.6. The molecule has 0 aliphatic carbocycles. The molecule has 1 aromatic rings. The third kappa shape index (κ3) is 3.21. The van der Waals surface area contributed by atoms with E-state index in [0.29, 0.717) is 0 Å². The summed E-state index contributed by atoms with van der Waals surface area (Å²) in [7, 11) is 0. The van der Waals surface area contributed by atoms with Gasteiger partial charge in [-0.2, -0.15) is 0 Å². The van der Waals surface area contributed by atoms with Crippen LogP contribution in [0.5, 0.6) is 0 Å². The maximum Gasteiger partial charge on any atom is 0.0169 e. The number of allylic oxidation sites excluding steroid dienone is 1. The number of nitrogens with zero attached hydrogens (tertiary/aromatic N) is 1. The summed E-state index contributed by atoms with van der Waals surface area (Å²) < 4.78 is 0. The van der Waals surface area contributed by atoms with Crippen LogP contribution in [0.3, 0.4) is 0 Å². The second-order valence-corrected chi connectivity index (χ2v) is 4.61. The van der Waals surface area contributed by atoms with E-state index >= 15 is 0 Å². The molecule has 0 N–H and O–H groups in total. The lowest BCUT2D eigenvalue weighted by atomic mass is 10.1. The molecule has 0 atom stereocenters. The lowest BCUT2D eigenvalue weighted by molar-refractivity contribution is 0.251. The van der Waals surface area contributed by atoms with Gasteiger partial charge in [-0.05, 0) is 44.0 Å². The van der Waals surface area contributed by atoms with E-state index < -0.39 is 0 Å². The number of benzene rings is 1. The van der Waals surface area contributed by atoms with Crippen LogP contribution in [-0.4, -0.2) is 24.5 Å². The van der Waals surface area contributed by atoms with Gasteiger partial charge < -0.3 is 0 Å². The van der Waals surface area contributed by atoms with Crippen molar-refractivity contribution in [2.24, 2.45) is 0 Å². The largest absolute Gasteiger partial charge is 0.300 e. The van der Waals surface area contributed by atoms with Crippen LogP contribution in [0.15, 0.2) is 36.4 Å². The van der Waals surface area contributed by atoms with Crippen LogP contribution in [0.1, 0.15) is 31.7 Å². The normalized spacial score (nSPS) is 18.7. The van der Waals surface area contributed by atoms with E-state index in [4.69, 9.17) is 0 Å². The zero-order chi connectivity index (χ0) is 11.2. The van der Waals surface area contributed by atoms with Crippen molar-refractivity contribution < 1.29 is 0 Å². The molecule has 0 aromatic heterocycles. The molecule has 0 amide bonds. The van der Waals surface area contributed by atoms with Gasteiger partial charge in [0.25, 0.3) is 0 Å². The van der Waals surface area contributed by atoms with Gasteiger partial charge in [-0.3, -0.25) is 4.90 Å². The number of piperidine rings is 1. The van der Waals surface area contributed by atoms with Gasteiger partial charge in [-0.15, -0.1) is 0 Å². The molecule has 1 nitrogen and oxygen atoms in total. The standard InChI is InChI=1S/C15H21N/c1-14(15-8-4-2-5-9-15)10-13-16-11-6-3-7-12-16/h2,4-5,8-10H,3,6-7,11-13H2,1H3. The Morgan fingerprint density at radius 2 is 1.81 bits per heavy atom. The van der Waals surface area contributed by atoms with Crippen LogP contribution in [0.2, 0.25) is 0 Å². The minimum Gasteiger partial charge on any atom is -0.300 e. The number of hydrogen-bond donors (Lipinski definition) is 0. The highest BCUT2D eigenvalue weighted by Gasteiger charge is 2.07. The van der Waals surface area contributed by atoms with Gasteiger partial charge in [-0.1, -0.05) is 42.8 Å². The molecule has 0 bridgehead atoms. The summed E-state index contributed by atoms with van der Waals surface area (Å²) >= 11 is 0. The Morgan fingerprint density at radius 3 is 2.50 bits per heavy atom. The van der Waals surface area contributed by atoms with Gasteiger partial charge in [0.15, 0.2) is 0 Å². The first-order valence-electron chi connectivity index (χ1n) is 6.31. The Labute approximate surface area is 98.8 Å². The lowest BCUT2D eigenvalue weighted by Gasteiger charge is -2.25. The van der Waals surface area contributed by atoms with Crippen molar-refractivity contribution in [3.05, 3.63) is 42.0 Å². The van der Waals surface area contributed by atoms with Crippen LogP contribution in [0.25, 0.3) is 5.57 Å². The van der Waals surface area contributed by atoms with E-state index in [9.17, 15) is 0 Å². The highest BCUT2D eigenvalue weighted by atomic mass is 15.1. The third-order valence-electron chi connectivity index (χ3n) is 3.33. The zero-order valence-electron chi connectivity index (χ0n) is 10.2. The summed E-state index contributed by atoms with van der Waals surface area (Å²) in [4.78, 5) is 2.55. The second kappa shape index (κ2) is 5.86. The van der Waals surface area contributed by atoms with Crippen molar-refractivity contribution in [3.8, 4) is 0 Å². The van der Waals surface area contributed by atoms with Gasteiger partial charge in [0, 0.05) is 6.54 Å². The molecule has 1 heterocycles. The Balaban J connectivity index is 1.91. The van der Waals surface area contributed by atoms with Crippen molar-refractivity contribution in [3.63, 3.8) is 0 Å². The first-order chi connectivity index (χ1) is 7.86. The zero-order valence-corrected chi connectivity index (χ0v) is 10.2. The second-order valence-electron chi connectivity index (χ2n) is 4.61. The Bertz CT molecular complexity index is 334. The highest BCUT2D eigenvalue weighted by molar-refractivity contribution is 5.63.